The first kappa shape index (κ1) is 22.4. The molecule has 0 amide bonds. The molecule has 2 aromatic carbocycles. The number of rotatable bonds is 10. The van der Waals surface area contributed by atoms with Crippen LogP contribution >= 0.6 is 27.5 Å². The maximum atomic E-state index is 6.07. The number of piperazine rings is 1. The van der Waals surface area contributed by atoms with Crippen LogP contribution in [0.1, 0.15) is 18.1 Å². The van der Waals surface area contributed by atoms with Gasteiger partial charge in [0.2, 0.25) is 0 Å². The van der Waals surface area contributed by atoms with E-state index < -0.39 is 0 Å². The smallest absolute Gasteiger partial charge is 0.175 e. The van der Waals surface area contributed by atoms with Gasteiger partial charge in [-0.1, -0.05) is 23.7 Å². The molecule has 0 bridgehead atoms. The van der Waals surface area contributed by atoms with E-state index in [4.69, 9.17) is 21.1 Å². The summed E-state index contributed by atoms with van der Waals surface area (Å²) in [5.41, 5.74) is 2.18. The third kappa shape index (κ3) is 7.15. The van der Waals surface area contributed by atoms with Gasteiger partial charge in [-0.3, -0.25) is 4.90 Å². The summed E-state index contributed by atoms with van der Waals surface area (Å²) < 4.78 is 12.8. The second-order valence-corrected chi connectivity index (χ2v) is 8.32. The molecule has 7 heteroatoms. The normalized spacial score (nSPS) is 14.7. The van der Waals surface area contributed by atoms with Gasteiger partial charge < -0.3 is 20.1 Å². The van der Waals surface area contributed by atoms with E-state index in [1.165, 1.54) is 0 Å². The summed E-state index contributed by atoms with van der Waals surface area (Å²) in [6, 6.07) is 11.8. The Kier molecular flexibility index (Phi) is 9.08. The van der Waals surface area contributed by atoms with Crippen molar-refractivity contribution >= 4 is 27.5 Å². The Hall–Kier alpha value is -1.31. The van der Waals surface area contributed by atoms with Crippen molar-refractivity contribution in [2.45, 2.75) is 20.1 Å². The number of nitrogens with zero attached hydrogens (tertiary/aromatic N) is 1. The highest BCUT2D eigenvalue weighted by Crippen LogP contribution is 2.37. The van der Waals surface area contributed by atoms with Crippen molar-refractivity contribution in [3.05, 3.63) is 57.0 Å². The molecule has 3 rings (SSSR count). The first-order valence-electron chi connectivity index (χ1n) is 10.1. The summed E-state index contributed by atoms with van der Waals surface area (Å²) in [7, 11) is 0. The Labute approximate surface area is 186 Å². The number of ether oxygens (including phenoxy) is 2. The lowest BCUT2D eigenvalue weighted by molar-refractivity contribution is 0.241. The summed E-state index contributed by atoms with van der Waals surface area (Å²) >= 11 is 9.72. The Balaban J connectivity index is 1.57. The van der Waals surface area contributed by atoms with Crippen molar-refractivity contribution in [2.75, 3.05) is 45.9 Å². The minimum Gasteiger partial charge on any atom is -0.490 e. The largest absolute Gasteiger partial charge is 0.490 e. The van der Waals surface area contributed by atoms with Gasteiger partial charge in [0.1, 0.15) is 6.61 Å². The summed E-state index contributed by atoms with van der Waals surface area (Å²) in [4.78, 5) is 2.48. The monoisotopic (exact) mass is 481 g/mol. The molecule has 2 N–H and O–H groups in total. The van der Waals surface area contributed by atoms with Crippen LogP contribution in [-0.2, 0) is 13.2 Å². The molecular weight excluding hydrogens is 454 g/mol. The van der Waals surface area contributed by atoms with Crippen LogP contribution in [0.2, 0.25) is 5.02 Å². The average molecular weight is 483 g/mol. The molecule has 0 saturated carbocycles. The summed E-state index contributed by atoms with van der Waals surface area (Å²) in [6.45, 7) is 10.2. The van der Waals surface area contributed by atoms with Gasteiger partial charge in [0.25, 0.3) is 0 Å². The third-order valence-corrected chi connectivity index (χ3v) is 5.61. The summed E-state index contributed by atoms with van der Waals surface area (Å²) in [5.74, 6) is 1.47. The lowest BCUT2D eigenvalue weighted by Gasteiger charge is -2.27. The number of benzene rings is 2. The van der Waals surface area contributed by atoms with Crippen LogP contribution in [0.15, 0.2) is 40.9 Å². The van der Waals surface area contributed by atoms with Gasteiger partial charge in [-0.05, 0) is 58.2 Å². The van der Waals surface area contributed by atoms with E-state index in [1.807, 2.05) is 31.2 Å². The zero-order valence-electron chi connectivity index (χ0n) is 16.8. The van der Waals surface area contributed by atoms with Gasteiger partial charge in [-0.25, -0.2) is 0 Å². The SMILES string of the molecule is CCOc1cc(CNCCN2CCNCC2)cc(Br)c1OCc1cccc(Cl)c1. The van der Waals surface area contributed by atoms with E-state index in [1.54, 1.807) is 0 Å². The number of hydrogen-bond acceptors (Lipinski definition) is 5. The molecule has 1 aliphatic heterocycles. The molecule has 0 spiro atoms. The molecule has 0 unspecified atom stereocenters. The van der Waals surface area contributed by atoms with Crippen molar-refractivity contribution in [3.8, 4) is 11.5 Å². The molecule has 5 nitrogen and oxygen atoms in total. The van der Waals surface area contributed by atoms with E-state index in [0.29, 0.717) is 18.2 Å². The van der Waals surface area contributed by atoms with E-state index in [9.17, 15) is 0 Å². The summed E-state index contributed by atoms with van der Waals surface area (Å²) in [6.07, 6.45) is 0. The Morgan fingerprint density at radius 1 is 1.14 bits per heavy atom. The highest BCUT2D eigenvalue weighted by Gasteiger charge is 2.13. The topological polar surface area (TPSA) is 45.8 Å². The molecule has 29 heavy (non-hydrogen) atoms. The van der Waals surface area contributed by atoms with Crippen molar-refractivity contribution in [2.24, 2.45) is 0 Å². The standard InChI is InChI=1S/C22H29BrClN3O2/c1-2-28-21-14-18(15-26-8-11-27-9-6-25-7-10-27)13-20(23)22(21)29-16-17-4-3-5-19(24)12-17/h3-5,12-14,25-26H,2,6-11,15-16H2,1H3. The Morgan fingerprint density at radius 3 is 2.72 bits per heavy atom. The predicted octanol–water partition coefficient (Wildman–Crippen LogP) is 4.08. The fourth-order valence-electron chi connectivity index (χ4n) is 3.31. The second kappa shape index (κ2) is 11.8. The van der Waals surface area contributed by atoms with Gasteiger partial charge in [0, 0.05) is 50.8 Å². The highest BCUT2D eigenvalue weighted by atomic mass is 79.9. The van der Waals surface area contributed by atoms with Crippen LogP contribution in [0, 0.1) is 0 Å². The van der Waals surface area contributed by atoms with Gasteiger partial charge in [0.05, 0.1) is 11.1 Å². The molecule has 1 aliphatic rings. The minimum absolute atomic E-state index is 0.432. The zero-order chi connectivity index (χ0) is 20.5. The molecular formula is C22H29BrClN3O2. The fraction of sp³-hybridized carbons (Fsp3) is 0.455. The maximum Gasteiger partial charge on any atom is 0.175 e. The maximum absolute atomic E-state index is 6.07. The van der Waals surface area contributed by atoms with E-state index in [-0.39, 0.29) is 0 Å². The Morgan fingerprint density at radius 2 is 1.97 bits per heavy atom. The van der Waals surface area contributed by atoms with Crippen LogP contribution in [0.25, 0.3) is 0 Å². The average Bonchev–Trinajstić information content (AvgIpc) is 2.72. The van der Waals surface area contributed by atoms with Crippen molar-refractivity contribution in [1.29, 1.82) is 0 Å². The van der Waals surface area contributed by atoms with Crippen molar-refractivity contribution in [1.82, 2.24) is 15.5 Å². The number of hydrogen-bond donors (Lipinski definition) is 2. The molecule has 1 heterocycles. The van der Waals surface area contributed by atoms with E-state index in [2.05, 4.69) is 43.6 Å². The second-order valence-electron chi connectivity index (χ2n) is 7.02. The van der Waals surface area contributed by atoms with Gasteiger partial charge in [-0.15, -0.1) is 0 Å². The molecule has 0 radical (unpaired) electrons. The van der Waals surface area contributed by atoms with Crippen LogP contribution in [0.4, 0.5) is 0 Å². The lowest BCUT2D eigenvalue weighted by atomic mass is 10.2. The molecule has 158 valence electrons. The first-order valence-corrected chi connectivity index (χ1v) is 11.3. The molecule has 0 aliphatic carbocycles. The predicted molar refractivity (Wildman–Crippen MR) is 122 cm³/mol. The van der Waals surface area contributed by atoms with Crippen LogP contribution in [0.5, 0.6) is 11.5 Å². The molecule has 0 atom stereocenters. The van der Waals surface area contributed by atoms with Gasteiger partial charge in [-0.2, -0.15) is 0 Å². The quantitative estimate of drug-likeness (QED) is 0.500. The number of nitrogens with one attached hydrogen (secondary N) is 2. The van der Waals surface area contributed by atoms with Gasteiger partial charge in [0.15, 0.2) is 11.5 Å². The highest BCUT2D eigenvalue weighted by molar-refractivity contribution is 9.10. The van der Waals surface area contributed by atoms with Crippen LogP contribution < -0.4 is 20.1 Å². The minimum atomic E-state index is 0.432. The zero-order valence-corrected chi connectivity index (χ0v) is 19.2. The van der Waals surface area contributed by atoms with Gasteiger partial charge >= 0.3 is 0 Å². The van der Waals surface area contributed by atoms with Crippen LogP contribution in [0.3, 0.4) is 0 Å². The van der Waals surface area contributed by atoms with E-state index >= 15 is 0 Å². The first-order chi connectivity index (χ1) is 14.2. The fourth-order valence-corrected chi connectivity index (χ4v) is 4.13. The molecule has 0 aromatic heterocycles. The summed E-state index contributed by atoms with van der Waals surface area (Å²) in [5, 5.41) is 7.63. The molecule has 1 saturated heterocycles. The Bertz CT molecular complexity index is 785. The van der Waals surface area contributed by atoms with Crippen LogP contribution in [-0.4, -0.2) is 50.8 Å². The molecule has 1 fully saturated rings. The third-order valence-electron chi connectivity index (χ3n) is 4.78. The van der Waals surface area contributed by atoms with Crippen molar-refractivity contribution < 1.29 is 9.47 Å². The van der Waals surface area contributed by atoms with E-state index in [0.717, 1.165) is 72.9 Å². The lowest BCUT2D eigenvalue weighted by Crippen LogP contribution is -2.45. The number of halogens is 2. The molecule has 2 aromatic rings. The van der Waals surface area contributed by atoms with Crippen molar-refractivity contribution in [3.63, 3.8) is 0 Å².